The summed E-state index contributed by atoms with van der Waals surface area (Å²) >= 11 is 0. The normalized spacial score (nSPS) is 10.3. The zero-order valence-electron chi connectivity index (χ0n) is 16.1. The van der Waals surface area contributed by atoms with Crippen LogP contribution in [0, 0.1) is 5.82 Å². The third-order valence-corrected chi connectivity index (χ3v) is 4.26. The second kappa shape index (κ2) is 8.97. The van der Waals surface area contributed by atoms with Gasteiger partial charge in [0.2, 0.25) is 0 Å². The molecule has 0 saturated heterocycles. The van der Waals surface area contributed by atoms with Crippen LogP contribution in [0.5, 0.6) is 0 Å². The summed E-state index contributed by atoms with van der Waals surface area (Å²) in [6.07, 6.45) is 1.41. The van der Waals surface area contributed by atoms with Crippen LogP contribution in [0.25, 0.3) is 0 Å². The Morgan fingerprint density at radius 2 is 1.66 bits per heavy atom. The monoisotopic (exact) mass is 392 g/mol. The number of benzene rings is 2. The van der Waals surface area contributed by atoms with Crippen molar-refractivity contribution >= 4 is 23.2 Å². The highest BCUT2D eigenvalue weighted by atomic mass is 19.1. The number of pyridine rings is 1. The van der Waals surface area contributed by atoms with Crippen LogP contribution in [-0.2, 0) is 6.54 Å². The number of anilines is 2. The van der Waals surface area contributed by atoms with Crippen molar-refractivity contribution in [3.63, 3.8) is 0 Å². The Bertz CT molecular complexity index is 1000. The van der Waals surface area contributed by atoms with Crippen molar-refractivity contribution in [3.05, 3.63) is 89.5 Å². The highest BCUT2D eigenvalue weighted by Gasteiger charge is 2.12. The number of nitrogens with one attached hydrogen (secondary N) is 2. The lowest BCUT2D eigenvalue weighted by molar-refractivity contribution is 0.0951. The number of hydrogen-bond acceptors (Lipinski definition) is 4. The largest absolute Gasteiger partial charge is 0.378 e. The van der Waals surface area contributed by atoms with Crippen LogP contribution in [0.2, 0.25) is 0 Å². The third kappa shape index (κ3) is 5.38. The molecule has 0 unspecified atom stereocenters. The van der Waals surface area contributed by atoms with Crippen LogP contribution in [0.15, 0.2) is 66.9 Å². The highest BCUT2D eigenvalue weighted by molar-refractivity contribution is 6.04. The van der Waals surface area contributed by atoms with E-state index in [0.717, 1.165) is 11.3 Å². The van der Waals surface area contributed by atoms with E-state index in [-0.39, 0.29) is 24.0 Å². The third-order valence-electron chi connectivity index (χ3n) is 4.26. The predicted octanol–water partition coefficient (Wildman–Crippen LogP) is 3.47. The SMILES string of the molecule is CN(C)c1ccc(NC(=O)c2cc(C(=O)NCc3ccc(F)cc3)ccn2)cc1. The molecule has 1 heterocycles. The molecule has 0 radical (unpaired) electrons. The van der Waals surface area contributed by atoms with Gasteiger partial charge in [-0.1, -0.05) is 12.1 Å². The fourth-order valence-corrected chi connectivity index (χ4v) is 2.62. The fourth-order valence-electron chi connectivity index (χ4n) is 2.62. The van der Waals surface area contributed by atoms with Gasteiger partial charge < -0.3 is 15.5 Å². The maximum absolute atomic E-state index is 12.9. The summed E-state index contributed by atoms with van der Waals surface area (Å²) in [5, 5.41) is 5.51. The van der Waals surface area contributed by atoms with Gasteiger partial charge in [0.25, 0.3) is 11.8 Å². The standard InChI is InChI=1S/C22H21FN4O2/c1-27(2)19-9-7-18(8-10-19)26-22(29)20-13-16(11-12-24-20)21(28)25-14-15-3-5-17(23)6-4-15/h3-13H,14H2,1-2H3,(H,25,28)(H,26,29). The summed E-state index contributed by atoms with van der Waals surface area (Å²) in [6, 6.07) is 16.2. The Kier molecular flexibility index (Phi) is 6.19. The van der Waals surface area contributed by atoms with Crippen molar-refractivity contribution in [2.75, 3.05) is 24.3 Å². The van der Waals surface area contributed by atoms with Crippen molar-refractivity contribution in [2.45, 2.75) is 6.54 Å². The Hall–Kier alpha value is -3.74. The molecule has 0 aliphatic carbocycles. The maximum Gasteiger partial charge on any atom is 0.274 e. The fraction of sp³-hybridized carbons (Fsp3) is 0.136. The van der Waals surface area contributed by atoms with E-state index in [2.05, 4.69) is 15.6 Å². The Labute approximate surface area is 168 Å². The van der Waals surface area contributed by atoms with Crippen LogP contribution in [0.1, 0.15) is 26.4 Å². The lowest BCUT2D eigenvalue weighted by Crippen LogP contribution is -2.23. The van der Waals surface area contributed by atoms with Crippen molar-refractivity contribution in [3.8, 4) is 0 Å². The van der Waals surface area contributed by atoms with Crippen molar-refractivity contribution in [1.29, 1.82) is 0 Å². The van der Waals surface area contributed by atoms with Gasteiger partial charge in [0.05, 0.1) is 0 Å². The first-order chi connectivity index (χ1) is 13.9. The molecule has 0 spiro atoms. The Morgan fingerprint density at radius 1 is 0.966 bits per heavy atom. The molecule has 6 nitrogen and oxygen atoms in total. The molecule has 2 aromatic carbocycles. The van der Waals surface area contributed by atoms with E-state index in [1.165, 1.54) is 30.5 Å². The average molecular weight is 392 g/mol. The van der Waals surface area contributed by atoms with Gasteiger partial charge in [-0.25, -0.2) is 4.39 Å². The quantitative estimate of drug-likeness (QED) is 0.674. The summed E-state index contributed by atoms with van der Waals surface area (Å²) in [5.74, 6) is -1.09. The average Bonchev–Trinajstić information content (AvgIpc) is 2.73. The highest BCUT2D eigenvalue weighted by Crippen LogP contribution is 2.16. The summed E-state index contributed by atoms with van der Waals surface area (Å²) < 4.78 is 12.9. The van der Waals surface area contributed by atoms with E-state index in [1.807, 2.05) is 31.1 Å². The first-order valence-electron chi connectivity index (χ1n) is 9.00. The van der Waals surface area contributed by atoms with Crippen molar-refractivity contribution in [2.24, 2.45) is 0 Å². The molecular formula is C22H21FN4O2. The van der Waals surface area contributed by atoms with Gasteiger partial charge in [-0.05, 0) is 54.1 Å². The van der Waals surface area contributed by atoms with Gasteiger partial charge in [-0.2, -0.15) is 0 Å². The summed E-state index contributed by atoms with van der Waals surface area (Å²) in [7, 11) is 3.87. The predicted molar refractivity (Wildman–Crippen MR) is 111 cm³/mol. The molecule has 2 N–H and O–H groups in total. The minimum absolute atomic E-state index is 0.135. The van der Waals surface area contributed by atoms with Gasteiger partial charge in [0.1, 0.15) is 11.5 Å². The molecule has 0 saturated carbocycles. The van der Waals surface area contributed by atoms with Gasteiger partial charge >= 0.3 is 0 Å². The number of halogens is 1. The van der Waals surface area contributed by atoms with Crippen LogP contribution in [0.4, 0.5) is 15.8 Å². The molecule has 0 aliphatic heterocycles. The molecule has 0 atom stereocenters. The number of amides is 2. The minimum Gasteiger partial charge on any atom is -0.378 e. The smallest absolute Gasteiger partial charge is 0.274 e. The van der Waals surface area contributed by atoms with E-state index in [4.69, 9.17) is 0 Å². The van der Waals surface area contributed by atoms with Crippen LogP contribution in [0.3, 0.4) is 0 Å². The number of aromatic nitrogens is 1. The molecule has 0 aliphatic rings. The van der Waals surface area contributed by atoms with Gasteiger partial charge in [0.15, 0.2) is 0 Å². The topological polar surface area (TPSA) is 74.3 Å². The van der Waals surface area contributed by atoms with E-state index in [9.17, 15) is 14.0 Å². The first-order valence-corrected chi connectivity index (χ1v) is 9.00. The molecule has 7 heteroatoms. The number of carbonyl (C=O) groups excluding carboxylic acids is 2. The van der Waals surface area contributed by atoms with Gasteiger partial charge in [-0.3, -0.25) is 14.6 Å². The molecule has 0 bridgehead atoms. The van der Waals surface area contributed by atoms with Gasteiger partial charge in [-0.15, -0.1) is 0 Å². The molecule has 3 rings (SSSR count). The zero-order chi connectivity index (χ0) is 20.8. The number of carbonyl (C=O) groups is 2. The maximum atomic E-state index is 12.9. The van der Waals surface area contributed by atoms with E-state index >= 15 is 0 Å². The summed E-state index contributed by atoms with van der Waals surface area (Å²) in [5.41, 5.74) is 2.87. The summed E-state index contributed by atoms with van der Waals surface area (Å²) in [6.45, 7) is 0.251. The van der Waals surface area contributed by atoms with Gasteiger partial charge in [0, 0.05) is 43.8 Å². The van der Waals surface area contributed by atoms with Crippen LogP contribution >= 0.6 is 0 Å². The van der Waals surface area contributed by atoms with Crippen molar-refractivity contribution < 1.29 is 14.0 Å². The van der Waals surface area contributed by atoms with Crippen molar-refractivity contribution in [1.82, 2.24) is 10.3 Å². The minimum atomic E-state index is -0.407. The van der Waals surface area contributed by atoms with E-state index in [1.54, 1.807) is 24.3 Å². The molecule has 29 heavy (non-hydrogen) atoms. The second-order valence-electron chi connectivity index (χ2n) is 6.63. The Morgan fingerprint density at radius 3 is 2.31 bits per heavy atom. The molecule has 1 aromatic heterocycles. The lowest BCUT2D eigenvalue weighted by atomic mass is 10.2. The molecule has 0 fully saturated rings. The molecule has 3 aromatic rings. The summed E-state index contributed by atoms with van der Waals surface area (Å²) in [4.78, 5) is 30.8. The number of nitrogens with zero attached hydrogens (tertiary/aromatic N) is 2. The van der Waals surface area contributed by atoms with E-state index in [0.29, 0.717) is 11.3 Å². The Balaban J connectivity index is 1.63. The first kappa shape index (κ1) is 20.0. The lowest BCUT2D eigenvalue weighted by Gasteiger charge is -2.13. The molecular weight excluding hydrogens is 371 g/mol. The zero-order valence-corrected chi connectivity index (χ0v) is 16.1. The van der Waals surface area contributed by atoms with E-state index < -0.39 is 5.91 Å². The van der Waals surface area contributed by atoms with Crippen LogP contribution < -0.4 is 15.5 Å². The molecule has 2 amide bonds. The molecule has 148 valence electrons. The van der Waals surface area contributed by atoms with Crippen LogP contribution in [-0.4, -0.2) is 30.9 Å². The number of rotatable bonds is 6. The number of hydrogen-bond donors (Lipinski definition) is 2. The second-order valence-corrected chi connectivity index (χ2v) is 6.63.